The minimum absolute atomic E-state index is 0.00555. The molecule has 2 heterocycles. The summed E-state index contributed by atoms with van der Waals surface area (Å²) in [5, 5.41) is 13.4. The topological polar surface area (TPSA) is 61.0 Å². The highest BCUT2D eigenvalue weighted by atomic mass is 16.6. The first-order chi connectivity index (χ1) is 10.8. The standard InChI is InChI=1S/C17H11N3O2/c21-20(22)16-10-5-11-18-17(16)19-14-8-3-1-6-12(14)13-7-2-4-9-15(13)19/h1-11H. The third-order valence-corrected chi connectivity index (χ3v) is 3.75. The Morgan fingerprint density at radius 2 is 1.45 bits per heavy atom. The number of hydrogen-bond acceptors (Lipinski definition) is 3. The third kappa shape index (κ3) is 1.69. The number of nitrogens with zero attached hydrogens (tertiary/aromatic N) is 3. The van der Waals surface area contributed by atoms with Crippen molar-refractivity contribution in [1.29, 1.82) is 0 Å². The van der Waals surface area contributed by atoms with E-state index in [1.807, 2.05) is 53.1 Å². The Balaban J connectivity index is 2.21. The molecule has 106 valence electrons. The van der Waals surface area contributed by atoms with E-state index < -0.39 is 4.92 Å². The molecule has 0 atom stereocenters. The van der Waals surface area contributed by atoms with Crippen LogP contribution in [0.1, 0.15) is 0 Å². The Bertz CT molecular complexity index is 967. The minimum Gasteiger partial charge on any atom is -0.288 e. The van der Waals surface area contributed by atoms with Gasteiger partial charge in [-0.3, -0.25) is 14.7 Å². The molecular formula is C17H11N3O2. The Kier molecular flexibility index (Phi) is 2.66. The van der Waals surface area contributed by atoms with E-state index in [4.69, 9.17) is 0 Å². The van der Waals surface area contributed by atoms with Gasteiger partial charge in [0.05, 0.1) is 16.0 Å². The number of benzene rings is 2. The summed E-state index contributed by atoms with van der Waals surface area (Å²) < 4.78 is 1.85. The van der Waals surface area contributed by atoms with Crippen molar-refractivity contribution in [2.45, 2.75) is 0 Å². The number of aromatic nitrogens is 2. The van der Waals surface area contributed by atoms with Crippen LogP contribution in [0.15, 0.2) is 66.9 Å². The zero-order valence-electron chi connectivity index (χ0n) is 11.5. The van der Waals surface area contributed by atoms with E-state index in [0.717, 1.165) is 21.8 Å². The SMILES string of the molecule is O=[N+]([O-])c1cccnc1-n1c2ccccc2c2ccccc21. The third-order valence-electron chi connectivity index (χ3n) is 3.75. The van der Waals surface area contributed by atoms with Gasteiger partial charge in [-0.15, -0.1) is 0 Å². The minimum atomic E-state index is -0.397. The number of hydrogen-bond donors (Lipinski definition) is 0. The molecule has 5 nitrogen and oxygen atoms in total. The molecule has 0 aliphatic heterocycles. The molecule has 4 aromatic rings. The fourth-order valence-electron chi connectivity index (χ4n) is 2.85. The van der Waals surface area contributed by atoms with Gasteiger partial charge in [0.1, 0.15) is 0 Å². The second kappa shape index (κ2) is 4.66. The predicted molar refractivity (Wildman–Crippen MR) is 85.2 cm³/mol. The summed E-state index contributed by atoms with van der Waals surface area (Å²) in [5.41, 5.74) is 1.81. The molecule has 0 aliphatic rings. The van der Waals surface area contributed by atoms with Crippen LogP contribution in [0.2, 0.25) is 0 Å². The van der Waals surface area contributed by atoms with Crippen LogP contribution in [0.25, 0.3) is 27.6 Å². The maximum atomic E-state index is 11.3. The smallest absolute Gasteiger partial charge is 0.288 e. The zero-order chi connectivity index (χ0) is 15.1. The van der Waals surface area contributed by atoms with Gasteiger partial charge in [-0.2, -0.15) is 0 Å². The van der Waals surface area contributed by atoms with Gasteiger partial charge in [0, 0.05) is 23.0 Å². The second-order valence-electron chi connectivity index (χ2n) is 4.97. The average Bonchev–Trinajstić information content (AvgIpc) is 2.89. The summed E-state index contributed by atoms with van der Waals surface area (Å²) in [4.78, 5) is 15.2. The van der Waals surface area contributed by atoms with Gasteiger partial charge in [-0.1, -0.05) is 36.4 Å². The van der Waals surface area contributed by atoms with E-state index in [1.165, 1.54) is 6.07 Å². The largest absolute Gasteiger partial charge is 0.312 e. The van der Waals surface area contributed by atoms with Crippen molar-refractivity contribution in [2.24, 2.45) is 0 Å². The average molecular weight is 289 g/mol. The molecule has 5 heteroatoms. The highest BCUT2D eigenvalue weighted by Crippen LogP contribution is 2.33. The summed E-state index contributed by atoms with van der Waals surface area (Å²) >= 11 is 0. The summed E-state index contributed by atoms with van der Waals surface area (Å²) in [6.45, 7) is 0. The quantitative estimate of drug-likeness (QED) is 0.412. The molecular weight excluding hydrogens is 278 g/mol. The highest BCUT2D eigenvalue weighted by Gasteiger charge is 2.20. The van der Waals surface area contributed by atoms with Crippen LogP contribution >= 0.6 is 0 Å². The molecule has 0 saturated heterocycles. The molecule has 0 bridgehead atoms. The molecule has 2 aromatic carbocycles. The number of para-hydroxylation sites is 2. The van der Waals surface area contributed by atoms with E-state index in [0.29, 0.717) is 5.82 Å². The second-order valence-corrected chi connectivity index (χ2v) is 4.97. The number of fused-ring (bicyclic) bond motifs is 3. The van der Waals surface area contributed by atoms with Crippen LogP contribution in [0.4, 0.5) is 5.69 Å². The van der Waals surface area contributed by atoms with Crippen LogP contribution in [0.3, 0.4) is 0 Å². The normalized spacial score (nSPS) is 11.1. The van der Waals surface area contributed by atoms with Gasteiger partial charge in [0.25, 0.3) is 0 Å². The molecule has 4 rings (SSSR count). The van der Waals surface area contributed by atoms with Crippen LogP contribution < -0.4 is 0 Å². The van der Waals surface area contributed by atoms with Gasteiger partial charge >= 0.3 is 5.69 Å². The van der Waals surface area contributed by atoms with E-state index in [-0.39, 0.29) is 5.69 Å². The number of nitro groups is 1. The Labute approximate surface area is 125 Å². The Hall–Kier alpha value is -3.21. The Morgan fingerprint density at radius 1 is 0.864 bits per heavy atom. The van der Waals surface area contributed by atoms with Crippen molar-refractivity contribution in [2.75, 3.05) is 0 Å². The Morgan fingerprint density at radius 3 is 2.05 bits per heavy atom. The molecule has 0 unspecified atom stereocenters. The molecule has 0 aliphatic carbocycles. The van der Waals surface area contributed by atoms with Crippen LogP contribution in [-0.4, -0.2) is 14.5 Å². The van der Waals surface area contributed by atoms with Crippen molar-refractivity contribution < 1.29 is 4.92 Å². The zero-order valence-corrected chi connectivity index (χ0v) is 11.5. The van der Waals surface area contributed by atoms with E-state index in [2.05, 4.69) is 4.98 Å². The van der Waals surface area contributed by atoms with E-state index >= 15 is 0 Å². The molecule has 0 fully saturated rings. The van der Waals surface area contributed by atoms with Crippen LogP contribution in [0.5, 0.6) is 0 Å². The van der Waals surface area contributed by atoms with Crippen LogP contribution in [0, 0.1) is 10.1 Å². The summed E-state index contributed by atoms with van der Waals surface area (Å²) in [5.74, 6) is 0.338. The fourth-order valence-corrected chi connectivity index (χ4v) is 2.85. The van der Waals surface area contributed by atoms with E-state index in [1.54, 1.807) is 12.3 Å². The predicted octanol–water partition coefficient (Wildman–Crippen LogP) is 4.09. The summed E-state index contributed by atoms with van der Waals surface area (Å²) in [6, 6.07) is 18.8. The van der Waals surface area contributed by atoms with Crippen molar-refractivity contribution in [3.05, 3.63) is 77.0 Å². The van der Waals surface area contributed by atoms with Crippen molar-refractivity contribution >= 4 is 27.5 Å². The molecule has 0 spiro atoms. The van der Waals surface area contributed by atoms with Gasteiger partial charge < -0.3 is 0 Å². The van der Waals surface area contributed by atoms with Crippen LogP contribution in [-0.2, 0) is 0 Å². The van der Waals surface area contributed by atoms with Gasteiger partial charge in [0.2, 0.25) is 5.82 Å². The van der Waals surface area contributed by atoms with Crippen molar-refractivity contribution in [3.8, 4) is 5.82 Å². The highest BCUT2D eigenvalue weighted by molar-refractivity contribution is 6.09. The molecule has 0 N–H and O–H groups in total. The summed E-state index contributed by atoms with van der Waals surface area (Å²) in [6.07, 6.45) is 1.58. The molecule has 0 saturated carbocycles. The number of rotatable bonds is 2. The lowest BCUT2D eigenvalue weighted by molar-refractivity contribution is -0.384. The first kappa shape index (κ1) is 12.5. The fraction of sp³-hybridized carbons (Fsp3) is 0. The van der Waals surface area contributed by atoms with Crippen molar-refractivity contribution in [3.63, 3.8) is 0 Å². The molecule has 0 amide bonds. The maximum Gasteiger partial charge on any atom is 0.312 e. The van der Waals surface area contributed by atoms with Gasteiger partial charge in [-0.25, -0.2) is 4.98 Å². The first-order valence-electron chi connectivity index (χ1n) is 6.85. The van der Waals surface area contributed by atoms with Gasteiger partial charge in [-0.05, 0) is 18.2 Å². The van der Waals surface area contributed by atoms with Crippen molar-refractivity contribution in [1.82, 2.24) is 9.55 Å². The molecule has 0 radical (unpaired) electrons. The lowest BCUT2D eigenvalue weighted by Crippen LogP contribution is -2.02. The van der Waals surface area contributed by atoms with Gasteiger partial charge in [0.15, 0.2) is 0 Å². The molecule has 2 aromatic heterocycles. The lowest BCUT2D eigenvalue weighted by Gasteiger charge is -2.06. The lowest BCUT2D eigenvalue weighted by atomic mass is 10.2. The number of pyridine rings is 1. The maximum absolute atomic E-state index is 11.3. The molecule has 22 heavy (non-hydrogen) atoms. The van der Waals surface area contributed by atoms with E-state index in [9.17, 15) is 10.1 Å². The summed E-state index contributed by atoms with van der Waals surface area (Å²) in [7, 11) is 0. The first-order valence-corrected chi connectivity index (χ1v) is 6.85. The monoisotopic (exact) mass is 289 g/mol.